The van der Waals surface area contributed by atoms with Crippen LogP contribution in [0.5, 0.6) is 0 Å². The third kappa shape index (κ3) is 3.18. The summed E-state index contributed by atoms with van der Waals surface area (Å²) in [7, 11) is 0. The molecule has 5 heteroatoms. The molecule has 0 atom stereocenters. The lowest BCUT2D eigenvalue weighted by Crippen LogP contribution is -2.37. The van der Waals surface area contributed by atoms with Crippen molar-refractivity contribution in [2.24, 2.45) is 5.92 Å². The monoisotopic (exact) mass is 310 g/mol. The molecule has 1 fully saturated rings. The van der Waals surface area contributed by atoms with Crippen LogP contribution in [0.15, 0.2) is 41.8 Å². The Labute approximate surface area is 133 Å². The summed E-state index contributed by atoms with van der Waals surface area (Å²) in [5.74, 6) is 0.569. The van der Waals surface area contributed by atoms with E-state index in [1.807, 2.05) is 41.4 Å². The number of pyridine rings is 2. The first kappa shape index (κ1) is 14.7. The first-order valence-corrected chi connectivity index (χ1v) is 8.40. The van der Waals surface area contributed by atoms with Crippen LogP contribution in [0, 0.1) is 17.2 Å². The molecule has 22 heavy (non-hydrogen) atoms. The molecule has 1 saturated carbocycles. The van der Waals surface area contributed by atoms with E-state index in [0.29, 0.717) is 17.9 Å². The fraction of sp³-hybridized carbons (Fsp3) is 0.294. The number of nitrogens with zero attached hydrogens (tertiary/aromatic N) is 3. The van der Waals surface area contributed by atoms with E-state index in [4.69, 9.17) is 0 Å². The van der Waals surface area contributed by atoms with Crippen LogP contribution >= 0.6 is 11.8 Å². The molecule has 0 amide bonds. The van der Waals surface area contributed by atoms with E-state index in [1.54, 1.807) is 6.20 Å². The first-order chi connectivity index (χ1) is 10.7. The molecule has 2 aromatic rings. The first-order valence-electron chi connectivity index (χ1n) is 7.17. The molecule has 1 aliphatic carbocycles. The minimum Gasteiger partial charge on any atom is -0.292 e. The molecule has 4 nitrogen and oxygen atoms in total. The summed E-state index contributed by atoms with van der Waals surface area (Å²) in [6.45, 7) is 0.417. The largest absolute Gasteiger partial charge is 0.292 e. The van der Waals surface area contributed by atoms with E-state index in [1.165, 1.54) is 11.8 Å². The highest BCUT2D eigenvalue weighted by molar-refractivity contribution is 7.98. The zero-order chi connectivity index (χ0) is 15.5. The van der Waals surface area contributed by atoms with Gasteiger partial charge in [-0.2, -0.15) is 9.83 Å². The van der Waals surface area contributed by atoms with Crippen molar-refractivity contribution in [3.63, 3.8) is 0 Å². The Kier molecular flexibility index (Phi) is 4.21. The number of Topliss-reactive ketones (excluding diaryl/α,β-unsaturated/α-hetero) is 1. The predicted molar refractivity (Wildman–Crippen MR) is 84.1 cm³/mol. The maximum absolute atomic E-state index is 11.9. The van der Waals surface area contributed by atoms with Crippen LogP contribution in [0.25, 0.3) is 11.1 Å². The highest BCUT2D eigenvalue weighted by Gasteiger charge is 2.31. The molecule has 0 unspecified atom stereocenters. The van der Waals surface area contributed by atoms with Gasteiger partial charge in [0.25, 0.3) is 0 Å². The van der Waals surface area contributed by atoms with E-state index in [2.05, 4.69) is 11.1 Å². The minimum atomic E-state index is 0.267. The van der Waals surface area contributed by atoms with Gasteiger partial charge in [-0.3, -0.25) is 4.79 Å². The van der Waals surface area contributed by atoms with Crippen LogP contribution in [0.3, 0.4) is 0 Å². The predicted octanol–water partition coefficient (Wildman–Crippen LogP) is 2.61. The fourth-order valence-electron chi connectivity index (χ4n) is 2.36. The average Bonchev–Trinajstić information content (AvgIpc) is 3.39. The van der Waals surface area contributed by atoms with Gasteiger partial charge in [0.15, 0.2) is 18.2 Å². The number of thioether (sulfide) groups is 1. The molecule has 0 saturated heterocycles. The summed E-state index contributed by atoms with van der Waals surface area (Å²) in [6.07, 6.45) is 9.59. The average molecular weight is 310 g/mol. The van der Waals surface area contributed by atoms with E-state index >= 15 is 0 Å². The molecule has 0 bridgehead atoms. The van der Waals surface area contributed by atoms with Gasteiger partial charge in [0.05, 0.1) is 5.56 Å². The van der Waals surface area contributed by atoms with Crippen molar-refractivity contribution < 1.29 is 9.36 Å². The van der Waals surface area contributed by atoms with E-state index in [9.17, 15) is 10.1 Å². The molecule has 0 spiro atoms. The topological polar surface area (TPSA) is 57.6 Å². The maximum Gasteiger partial charge on any atom is 0.206 e. The van der Waals surface area contributed by atoms with Gasteiger partial charge in [0, 0.05) is 29.3 Å². The van der Waals surface area contributed by atoms with Crippen molar-refractivity contribution in [3.8, 4) is 17.2 Å². The lowest BCUT2D eigenvalue weighted by Gasteiger charge is -2.04. The van der Waals surface area contributed by atoms with Crippen LogP contribution in [0.2, 0.25) is 0 Å². The van der Waals surface area contributed by atoms with Gasteiger partial charge < -0.3 is 0 Å². The van der Waals surface area contributed by atoms with Gasteiger partial charge in [-0.25, -0.2) is 4.98 Å². The third-order valence-electron chi connectivity index (χ3n) is 3.73. The smallest absolute Gasteiger partial charge is 0.206 e. The van der Waals surface area contributed by atoms with Gasteiger partial charge in [-0.05, 0) is 31.2 Å². The van der Waals surface area contributed by atoms with Gasteiger partial charge >= 0.3 is 0 Å². The van der Waals surface area contributed by atoms with Crippen molar-refractivity contribution >= 4 is 17.5 Å². The third-order valence-corrected chi connectivity index (χ3v) is 4.44. The SMILES string of the molecule is CSc1ncc(-c2ccc[n+](CC(=O)C3CC3)c2)cc1C#N. The molecular formula is C17H16N3OS+. The Morgan fingerprint density at radius 1 is 1.50 bits per heavy atom. The van der Waals surface area contributed by atoms with Crippen LogP contribution < -0.4 is 4.57 Å². The Bertz CT molecular complexity index is 763. The summed E-state index contributed by atoms with van der Waals surface area (Å²) >= 11 is 1.46. The van der Waals surface area contributed by atoms with Crippen molar-refractivity contribution in [1.29, 1.82) is 5.26 Å². The highest BCUT2D eigenvalue weighted by Crippen LogP contribution is 2.29. The zero-order valence-corrected chi connectivity index (χ0v) is 13.1. The number of hydrogen-bond donors (Lipinski definition) is 0. The van der Waals surface area contributed by atoms with Crippen LogP contribution in [0.4, 0.5) is 0 Å². The van der Waals surface area contributed by atoms with E-state index in [0.717, 1.165) is 29.0 Å². The van der Waals surface area contributed by atoms with Crippen molar-refractivity contribution in [2.75, 3.05) is 6.26 Å². The summed E-state index contributed by atoms with van der Waals surface area (Å²) in [6, 6.07) is 7.92. The molecule has 3 rings (SSSR count). The number of carbonyl (C=O) groups excluding carboxylic acids is 1. The quantitative estimate of drug-likeness (QED) is 0.629. The van der Waals surface area contributed by atoms with Crippen molar-refractivity contribution in [1.82, 2.24) is 4.98 Å². The Hall–Kier alpha value is -2.19. The van der Waals surface area contributed by atoms with Gasteiger partial charge in [-0.15, -0.1) is 11.8 Å². The lowest BCUT2D eigenvalue weighted by molar-refractivity contribution is -0.683. The zero-order valence-electron chi connectivity index (χ0n) is 12.3. The number of ketones is 1. The summed E-state index contributed by atoms with van der Waals surface area (Å²) in [5, 5.41) is 9.94. The normalized spacial score (nSPS) is 13.6. The fourth-order valence-corrected chi connectivity index (χ4v) is 2.84. The standard InChI is InChI=1S/C17H16N3OS/c1-22-17-14(8-18)7-15(9-19-17)13-3-2-6-20(10-13)11-16(21)12-4-5-12/h2-3,6-7,9-10,12H,4-5,11H2,1H3/q+1. The highest BCUT2D eigenvalue weighted by atomic mass is 32.2. The molecular weight excluding hydrogens is 294 g/mol. The minimum absolute atomic E-state index is 0.267. The number of hydrogen-bond acceptors (Lipinski definition) is 4. The van der Waals surface area contributed by atoms with Gasteiger partial charge in [-0.1, -0.05) is 0 Å². The summed E-state index contributed by atoms with van der Waals surface area (Å²) in [5.41, 5.74) is 2.43. The van der Waals surface area contributed by atoms with Gasteiger partial charge in [0.2, 0.25) is 6.54 Å². The number of carbonyl (C=O) groups is 1. The van der Waals surface area contributed by atoms with Crippen molar-refractivity contribution in [3.05, 3.63) is 42.4 Å². The molecule has 1 aliphatic rings. The molecule has 0 aliphatic heterocycles. The number of nitriles is 1. The summed E-state index contributed by atoms with van der Waals surface area (Å²) < 4.78 is 1.91. The Morgan fingerprint density at radius 3 is 3.00 bits per heavy atom. The molecule has 2 aromatic heterocycles. The lowest BCUT2D eigenvalue weighted by atomic mass is 10.1. The molecule has 0 aromatic carbocycles. The second-order valence-electron chi connectivity index (χ2n) is 5.40. The van der Waals surface area contributed by atoms with E-state index in [-0.39, 0.29) is 5.92 Å². The second kappa shape index (κ2) is 6.29. The molecule has 0 radical (unpaired) electrons. The Balaban J connectivity index is 1.88. The van der Waals surface area contributed by atoms with Crippen LogP contribution in [-0.4, -0.2) is 17.0 Å². The maximum atomic E-state index is 11.9. The second-order valence-corrected chi connectivity index (χ2v) is 6.19. The summed E-state index contributed by atoms with van der Waals surface area (Å²) in [4.78, 5) is 16.3. The van der Waals surface area contributed by atoms with Crippen molar-refractivity contribution in [2.45, 2.75) is 24.4 Å². The molecule has 2 heterocycles. The van der Waals surface area contributed by atoms with Crippen LogP contribution in [-0.2, 0) is 11.3 Å². The molecule has 110 valence electrons. The Morgan fingerprint density at radius 2 is 2.32 bits per heavy atom. The number of aromatic nitrogens is 2. The van der Waals surface area contributed by atoms with Crippen LogP contribution in [0.1, 0.15) is 18.4 Å². The van der Waals surface area contributed by atoms with E-state index < -0.39 is 0 Å². The number of rotatable bonds is 5. The molecule has 0 N–H and O–H groups in total. The van der Waals surface area contributed by atoms with Gasteiger partial charge in [0.1, 0.15) is 11.1 Å².